The Morgan fingerprint density at radius 3 is 3.07 bits per heavy atom. The maximum atomic E-state index is 9.62. The summed E-state index contributed by atoms with van der Waals surface area (Å²) in [6.45, 7) is 0.633. The van der Waals surface area contributed by atoms with Gasteiger partial charge in [-0.2, -0.15) is 0 Å². The van der Waals surface area contributed by atoms with E-state index in [2.05, 4.69) is 0 Å². The molecule has 2 rings (SSSR count). The van der Waals surface area contributed by atoms with Crippen LogP contribution in [-0.4, -0.2) is 23.9 Å². The van der Waals surface area contributed by atoms with Crippen molar-refractivity contribution in [2.45, 2.75) is 19.4 Å². The van der Waals surface area contributed by atoms with Crippen LogP contribution in [0.2, 0.25) is 0 Å². The monoisotopic (exact) mass is 192 g/mol. The molecule has 0 aliphatic carbocycles. The van der Waals surface area contributed by atoms with Crippen LogP contribution in [-0.2, 0) is 17.7 Å². The van der Waals surface area contributed by atoms with Crippen molar-refractivity contribution in [3.05, 3.63) is 29.3 Å². The third kappa shape index (κ3) is 1.82. The molecular formula is C10H13BO3. The van der Waals surface area contributed by atoms with E-state index in [1.807, 2.05) is 18.2 Å². The van der Waals surface area contributed by atoms with Crippen LogP contribution in [0, 0.1) is 0 Å². The van der Waals surface area contributed by atoms with E-state index in [0.29, 0.717) is 6.61 Å². The van der Waals surface area contributed by atoms with Gasteiger partial charge in [-0.3, -0.25) is 0 Å². The van der Waals surface area contributed by atoms with Crippen molar-refractivity contribution in [3.8, 4) is 0 Å². The maximum absolute atomic E-state index is 9.62. The zero-order chi connectivity index (χ0) is 9.97. The zero-order valence-electron chi connectivity index (χ0n) is 7.94. The summed E-state index contributed by atoms with van der Waals surface area (Å²) >= 11 is 0. The van der Waals surface area contributed by atoms with Crippen LogP contribution in [0.15, 0.2) is 18.2 Å². The Bertz CT molecular complexity index is 327. The minimum absolute atomic E-state index is 0.0459. The Morgan fingerprint density at radius 2 is 2.29 bits per heavy atom. The van der Waals surface area contributed by atoms with Crippen LogP contribution in [0.5, 0.6) is 0 Å². The van der Waals surface area contributed by atoms with E-state index in [4.69, 9.17) is 9.76 Å². The van der Waals surface area contributed by atoms with E-state index in [1.165, 1.54) is 0 Å². The molecule has 0 radical (unpaired) electrons. The van der Waals surface area contributed by atoms with Crippen LogP contribution < -0.4 is 5.46 Å². The number of fused-ring (bicyclic) bond motifs is 1. The number of rotatable bonds is 1. The summed E-state index contributed by atoms with van der Waals surface area (Å²) in [4.78, 5) is 0. The van der Waals surface area contributed by atoms with Crippen molar-refractivity contribution in [2.75, 3.05) is 6.61 Å². The van der Waals surface area contributed by atoms with E-state index in [9.17, 15) is 5.02 Å². The Labute approximate surface area is 83.5 Å². The molecule has 0 fully saturated rings. The van der Waals surface area contributed by atoms with E-state index >= 15 is 0 Å². The molecule has 14 heavy (non-hydrogen) atoms. The summed E-state index contributed by atoms with van der Waals surface area (Å²) < 4.78 is 5.20. The van der Waals surface area contributed by atoms with Gasteiger partial charge in [-0.1, -0.05) is 18.2 Å². The largest absolute Gasteiger partial charge is 0.491 e. The first-order chi connectivity index (χ1) is 6.81. The molecule has 0 spiro atoms. The molecule has 0 saturated heterocycles. The van der Waals surface area contributed by atoms with Crippen molar-refractivity contribution in [2.24, 2.45) is 0 Å². The van der Waals surface area contributed by atoms with Gasteiger partial charge in [0, 0.05) is 6.61 Å². The van der Waals surface area contributed by atoms with Crippen LogP contribution in [0.4, 0.5) is 0 Å². The van der Waals surface area contributed by atoms with Gasteiger partial charge in [-0.25, -0.2) is 0 Å². The fraction of sp³-hybridized carbons (Fsp3) is 0.400. The molecule has 4 heteroatoms. The Balaban J connectivity index is 2.38. The molecule has 1 aromatic carbocycles. The summed E-state index contributed by atoms with van der Waals surface area (Å²) in [5.41, 5.74) is 2.80. The molecule has 2 N–H and O–H groups in total. The molecule has 74 valence electrons. The summed E-state index contributed by atoms with van der Waals surface area (Å²) in [5, 5.41) is 18.6. The Hall–Kier alpha value is -0.835. The number of aliphatic hydroxyl groups excluding tert-OH is 1. The highest BCUT2D eigenvalue weighted by molar-refractivity contribution is 6.60. The zero-order valence-corrected chi connectivity index (χ0v) is 7.94. The normalized spacial score (nSPS) is 16.3. The molecule has 3 nitrogen and oxygen atoms in total. The average Bonchev–Trinajstić information content (AvgIpc) is 2.40. The van der Waals surface area contributed by atoms with Gasteiger partial charge < -0.3 is 14.8 Å². The molecule has 1 aliphatic heterocycles. The average molecular weight is 192 g/mol. The third-order valence-electron chi connectivity index (χ3n) is 2.52. The molecule has 1 aliphatic rings. The molecular weight excluding hydrogens is 179 g/mol. The van der Waals surface area contributed by atoms with Gasteiger partial charge >= 0.3 is 7.12 Å². The second-order valence-corrected chi connectivity index (χ2v) is 3.52. The van der Waals surface area contributed by atoms with Gasteiger partial charge in [0.15, 0.2) is 0 Å². The molecule has 1 heterocycles. The highest BCUT2D eigenvalue weighted by atomic mass is 16.5. The maximum Gasteiger partial charge on any atom is 0.491 e. The first-order valence-corrected chi connectivity index (χ1v) is 4.83. The number of aryl methyl sites for hydroxylation is 1. The molecule has 0 unspecified atom stereocenters. The first-order valence-electron chi connectivity index (χ1n) is 4.83. The molecule has 0 saturated carbocycles. The van der Waals surface area contributed by atoms with Crippen LogP contribution in [0.1, 0.15) is 17.5 Å². The number of hydrogen-bond donors (Lipinski definition) is 2. The van der Waals surface area contributed by atoms with Crippen molar-refractivity contribution in [3.63, 3.8) is 0 Å². The van der Waals surface area contributed by atoms with Gasteiger partial charge in [-0.15, -0.1) is 0 Å². The van der Waals surface area contributed by atoms with E-state index in [1.54, 1.807) is 0 Å². The topological polar surface area (TPSA) is 49.7 Å². The van der Waals surface area contributed by atoms with Crippen LogP contribution >= 0.6 is 0 Å². The van der Waals surface area contributed by atoms with E-state index < -0.39 is 7.12 Å². The second-order valence-electron chi connectivity index (χ2n) is 3.52. The molecule has 0 bridgehead atoms. The lowest BCUT2D eigenvalue weighted by Crippen LogP contribution is -2.34. The lowest BCUT2D eigenvalue weighted by molar-refractivity contribution is 0.270. The van der Waals surface area contributed by atoms with Crippen molar-refractivity contribution in [1.82, 2.24) is 0 Å². The predicted molar refractivity (Wildman–Crippen MR) is 54.2 cm³/mol. The minimum atomic E-state index is -0.805. The van der Waals surface area contributed by atoms with Crippen LogP contribution in [0.3, 0.4) is 0 Å². The van der Waals surface area contributed by atoms with Gasteiger partial charge in [-0.05, 0) is 29.4 Å². The third-order valence-corrected chi connectivity index (χ3v) is 2.52. The SMILES string of the molecule is OCc1ccc2c(c1)CCCOB2O. The van der Waals surface area contributed by atoms with Gasteiger partial charge in [0.2, 0.25) is 0 Å². The number of benzene rings is 1. The van der Waals surface area contributed by atoms with Gasteiger partial charge in [0.25, 0.3) is 0 Å². The fourth-order valence-electron chi connectivity index (χ4n) is 1.76. The summed E-state index contributed by atoms with van der Waals surface area (Å²) in [6, 6.07) is 5.58. The Kier molecular flexibility index (Phi) is 2.86. The standard InChI is InChI=1S/C10H13BO3/c12-7-8-3-4-10-9(6-8)2-1-5-14-11(10)13/h3-4,6,12-13H,1-2,5,7H2. The summed E-state index contributed by atoms with van der Waals surface area (Å²) in [5.74, 6) is 0. The molecule has 1 aromatic rings. The second kappa shape index (κ2) is 4.13. The van der Waals surface area contributed by atoms with Crippen molar-refractivity contribution < 1.29 is 14.8 Å². The lowest BCUT2D eigenvalue weighted by atomic mass is 9.76. The highest BCUT2D eigenvalue weighted by Gasteiger charge is 2.22. The smallest absolute Gasteiger partial charge is 0.423 e. The number of hydrogen-bond acceptors (Lipinski definition) is 3. The lowest BCUT2D eigenvalue weighted by Gasteiger charge is -2.08. The Morgan fingerprint density at radius 1 is 1.43 bits per heavy atom. The van der Waals surface area contributed by atoms with Gasteiger partial charge in [0.05, 0.1) is 6.61 Å². The predicted octanol–water partition coefficient (Wildman–Crippen LogP) is -0.171. The molecule has 0 aromatic heterocycles. The first kappa shape index (κ1) is 9.71. The van der Waals surface area contributed by atoms with Crippen LogP contribution in [0.25, 0.3) is 0 Å². The minimum Gasteiger partial charge on any atom is -0.423 e. The number of aliphatic hydroxyl groups is 1. The highest BCUT2D eigenvalue weighted by Crippen LogP contribution is 2.10. The quantitative estimate of drug-likeness (QED) is 0.607. The van der Waals surface area contributed by atoms with E-state index in [0.717, 1.165) is 29.4 Å². The summed E-state index contributed by atoms with van der Waals surface area (Å²) in [7, 11) is -0.805. The fourth-order valence-corrected chi connectivity index (χ4v) is 1.76. The van der Waals surface area contributed by atoms with Gasteiger partial charge in [0.1, 0.15) is 0 Å². The van der Waals surface area contributed by atoms with Crippen molar-refractivity contribution >= 4 is 12.6 Å². The van der Waals surface area contributed by atoms with E-state index in [-0.39, 0.29) is 6.61 Å². The molecule has 0 amide bonds. The van der Waals surface area contributed by atoms with Crippen molar-refractivity contribution in [1.29, 1.82) is 0 Å². The summed E-state index contributed by atoms with van der Waals surface area (Å²) in [6.07, 6.45) is 1.82. The molecule has 0 atom stereocenters.